The number of phenols is 2. The Balaban J connectivity index is 2.47. The fraction of sp³-hybridized carbons (Fsp3) is 0.300. The van der Waals surface area contributed by atoms with Crippen LogP contribution in [-0.4, -0.2) is 45.2 Å². The Morgan fingerprint density at radius 2 is 1.22 bits per heavy atom. The molecule has 0 amide bonds. The SMILES string of the molecule is C#CCN(Cc1cc(OC)c(O)c(OC)c1)c1cc(OC)c(O)c(OC)c1. The molecule has 0 aliphatic rings. The summed E-state index contributed by atoms with van der Waals surface area (Å²) in [5, 5.41) is 20.2. The minimum atomic E-state index is -0.0858. The second-order valence-electron chi connectivity index (χ2n) is 5.61. The topological polar surface area (TPSA) is 80.6 Å². The summed E-state index contributed by atoms with van der Waals surface area (Å²) in [6.45, 7) is 0.691. The first kappa shape index (κ1) is 19.9. The van der Waals surface area contributed by atoms with Gasteiger partial charge in [0.2, 0.25) is 11.5 Å². The number of phenolic OH excluding ortho intramolecular Hbond substituents is 2. The quantitative estimate of drug-likeness (QED) is 0.689. The summed E-state index contributed by atoms with van der Waals surface area (Å²) in [7, 11) is 5.85. The molecule has 0 heterocycles. The molecule has 7 heteroatoms. The van der Waals surface area contributed by atoms with Gasteiger partial charge in [-0.1, -0.05) is 5.92 Å². The van der Waals surface area contributed by atoms with Crippen LogP contribution in [0.5, 0.6) is 34.5 Å². The van der Waals surface area contributed by atoms with E-state index in [-0.39, 0.29) is 23.0 Å². The molecule has 2 rings (SSSR count). The third kappa shape index (κ3) is 4.23. The summed E-state index contributed by atoms with van der Waals surface area (Å²) in [4.78, 5) is 1.88. The van der Waals surface area contributed by atoms with E-state index >= 15 is 0 Å². The van der Waals surface area contributed by atoms with E-state index in [2.05, 4.69) is 5.92 Å². The highest BCUT2D eigenvalue weighted by Crippen LogP contribution is 2.41. The van der Waals surface area contributed by atoms with Crippen LogP contribution in [0.2, 0.25) is 0 Å². The summed E-state index contributed by atoms with van der Waals surface area (Å²) in [6, 6.07) is 6.75. The summed E-state index contributed by atoms with van der Waals surface area (Å²) < 4.78 is 20.8. The van der Waals surface area contributed by atoms with Crippen molar-refractivity contribution in [3.8, 4) is 46.8 Å². The molecule has 2 aromatic rings. The van der Waals surface area contributed by atoms with Crippen molar-refractivity contribution in [2.24, 2.45) is 0 Å². The van der Waals surface area contributed by atoms with Crippen LogP contribution in [0.3, 0.4) is 0 Å². The lowest BCUT2D eigenvalue weighted by atomic mass is 10.1. The number of ether oxygens (including phenoxy) is 4. The van der Waals surface area contributed by atoms with E-state index < -0.39 is 0 Å². The second kappa shape index (κ2) is 8.81. The Labute approximate surface area is 158 Å². The molecule has 0 atom stereocenters. The molecule has 0 fully saturated rings. The third-order valence-corrected chi connectivity index (χ3v) is 4.02. The lowest BCUT2D eigenvalue weighted by Gasteiger charge is -2.25. The lowest BCUT2D eigenvalue weighted by Crippen LogP contribution is -2.23. The molecule has 0 aliphatic carbocycles. The van der Waals surface area contributed by atoms with Crippen LogP contribution in [0, 0.1) is 12.3 Å². The molecule has 27 heavy (non-hydrogen) atoms. The van der Waals surface area contributed by atoms with Gasteiger partial charge in [0.15, 0.2) is 23.0 Å². The monoisotopic (exact) mass is 373 g/mol. The number of methoxy groups -OCH3 is 4. The fourth-order valence-corrected chi connectivity index (χ4v) is 2.67. The van der Waals surface area contributed by atoms with Gasteiger partial charge in [-0.15, -0.1) is 6.42 Å². The molecule has 0 saturated carbocycles. The van der Waals surface area contributed by atoms with Gasteiger partial charge in [-0.05, 0) is 17.7 Å². The first-order chi connectivity index (χ1) is 13.0. The normalized spacial score (nSPS) is 10.0. The maximum Gasteiger partial charge on any atom is 0.200 e. The number of terminal acetylenes is 1. The number of hydrogen-bond acceptors (Lipinski definition) is 7. The molecule has 2 aromatic carbocycles. The number of aromatic hydroxyl groups is 2. The van der Waals surface area contributed by atoms with Crippen LogP contribution in [0.15, 0.2) is 24.3 Å². The Morgan fingerprint density at radius 3 is 1.59 bits per heavy atom. The van der Waals surface area contributed by atoms with E-state index in [4.69, 9.17) is 25.4 Å². The van der Waals surface area contributed by atoms with E-state index in [0.717, 1.165) is 5.56 Å². The molecule has 0 spiro atoms. The largest absolute Gasteiger partial charge is 0.502 e. The van der Waals surface area contributed by atoms with Gasteiger partial charge in [0.25, 0.3) is 0 Å². The first-order valence-electron chi connectivity index (χ1n) is 8.06. The van der Waals surface area contributed by atoms with Crippen molar-refractivity contribution >= 4 is 5.69 Å². The Hall–Kier alpha value is -3.40. The van der Waals surface area contributed by atoms with Gasteiger partial charge in [-0.2, -0.15) is 0 Å². The van der Waals surface area contributed by atoms with Crippen LogP contribution in [0.25, 0.3) is 0 Å². The second-order valence-corrected chi connectivity index (χ2v) is 5.61. The van der Waals surface area contributed by atoms with E-state index in [1.54, 1.807) is 24.3 Å². The van der Waals surface area contributed by atoms with Crippen molar-refractivity contribution in [3.63, 3.8) is 0 Å². The van der Waals surface area contributed by atoms with Gasteiger partial charge in [-0.3, -0.25) is 0 Å². The number of nitrogens with zero attached hydrogens (tertiary/aromatic N) is 1. The van der Waals surface area contributed by atoms with Crippen LogP contribution in [0.1, 0.15) is 5.56 Å². The van der Waals surface area contributed by atoms with Gasteiger partial charge < -0.3 is 34.1 Å². The minimum Gasteiger partial charge on any atom is -0.502 e. The molecule has 0 bridgehead atoms. The lowest BCUT2D eigenvalue weighted by molar-refractivity contribution is 0.339. The van der Waals surface area contributed by atoms with Crippen molar-refractivity contribution in [3.05, 3.63) is 29.8 Å². The maximum absolute atomic E-state index is 10.1. The van der Waals surface area contributed by atoms with Gasteiger partial charge >= 0.3 is 0 Å². The Bertz CT molecular complexity index is 793. The maximum atomic E-state index is 10.1. The smallest absolute Gasteiger partial charge is 0.200 e. The summed E-state index contributed by atoms with van der Waals surface area (Å²) in [6.07, 6.45) is 5.53. The van der Waals surface area contributed by atoms with Gasteiger partial charge in [-0.25, -0.2) is 0 Å². The Kier molecular flexibility index (Phi) is 6.50. The highest BCUT2D eigenvalue weighted by molar-refractivity contribution is 5.64. The number of rotatable bonds is 8. The molecular formula is C20H23NO6. The van der Waals surface area contributed by atoms with Crippen molar-refractivity contribution in [1.82, 2.24) is 0 Å². The highest BCUT2D eigenvalue weighted by atomic mass is 16.5. The van der Waals surface area contributed by atoms with E-state index in [1.165, 1.54) is 28.4 Å². The average Bonchev–Trinajstić information content (AvgIpc) is 2.68. The molecule has 7 nitrogen and oxygen atoms in total. The van der Waals surface area contributed by atoms with Crippen LogP contribution >= 0.6 is 0 Å². The fourth-order valence-electron chi connectivity index (χ4n) is 2.67. The zero-order valence-electron chi connectivity index (χ0n) is 15.8. The van der Waals surface area contributed by atoms with Crippen molar-refractivity contribution in [2.75, 3.05) is 39.9 Å². The van der Waals surface area contributed by atoms with Gasteiger partial charge in [0.1, 0.15) is 0 Å². The molecule has 2 N–H and O–H groups in total. The van der Waals surface area contributed by atoms with Crippen molar-refractivity contribution < 1.29 is 29.2 Å². The average molecular weight is 373 g/mol. The predicted octanol–water partition coefficient (Wildman–Crippen LogP) is 2.77. The van der Waals surface area contributed by atoms with Crippen LogP contribution < -0.4 is 23.8 Å². The summed E-state index contributed by atoms with van der Waals surface area (Å²) in [5.41, 5.74) is 1.51. The molecule has 0 saturated heterocycles. The molecular weight excluding hydrogens is 350 g/mol. The molecule has 0 unspecified atom stereocenters. The first-order valence-corrected chi connectivity index (χ1v) is 8.06. The Morgan fingerprint density at radius 1 is 0.815 bits per heavy atom. The highest BCUT2D eigenvalue weighted by Gasteiger charge is 2.17. The molecule has 0 aromatic heterocycles. The zero-order valence-corrected chi connectivity index (χ0v) is 15.8. The van der Waals surface area contributed by atoms with Gasteiger partial charge in [0, 0.05) is 24.4 Å². The van der Waals surface area contributed by atoms with Crippen molar-refractivity contribution in [1.29, 1.82) is 0 Å². The number of anilines is 1. The standard InChI is InChI=1S/C20H23NO6/c1-6-7-21(14-10-17(26-4)20(23)18(11-14)27-5)12-13-8-15(24-2)19(22)16(9-13)25-3/h1,8-11,22-23H,7,12H2,2-5H3. The predicted molar refractivity (Wildman–Crippen MR) is 102 cm³/mol. The summed E-state index contributed by atoms with van der Waals surface area (Å²) in [5.74, 6) is 3.59. The zero-order chi connectivity index (χ0) is 20.0. The van der Waals surface area contributed by atoms with Crippen LogP contribution in [0.4, 0.5) is 5.69 Å². The number of benzene rings is 2. The third-order valence-electron chi connectivity index (χ3n) is 4.02. The van der Waals surface area contributed by atoms with E-state index in [0.29, 0.717) is 30.3 Å². The van der Waals surface area contributed by atoms with Crippen LogP contribution in [-0.2, 0) is 6.54 Å². The molecule has 144 valence electrons. The molecule has 0 radical (unpaired) electrons. The van der Waals surface area contributed by atoms with Crippen molar-refractivity contribution in [2.45, 2.75) is 6.54 Å². The molecule has 0 aliphatic heterocycles. The summed E-state index contributed by atoms with van der Waals surface area (Å²) >= 11 is 0. The van der Waals surface area contributed by atoms with E-state index in [1.807, 2.05) is 4.90 Å². The minimum absolute atomic E-state index is 0.0692. The number of hydrogen-bond donors (Lipinski definition) is 2. The van der Waals surface area contributed by atoms with E-state index in [9.17, 15) is 10.2 Å². The van der Waals surface area contributed by atoms with Gasteiger partial charge in [0.05, 0.1) is 35.0 Å².